The molecule has 74 valence electrons. The zero-order valence-electron chi connectivity index (χ0n) is 7.49. The van der Waals surface area contributed by atoms with Crippen LogP contribution in [0.5, 0.6) is 0 Å². The highest BCUT2D eigenvalue weighted by Crippen LogP contribution is 2.19. The number of hydrogen-bond acceptors (Lipinski definition) is 4. The largest absolute Gasteiger partial charge is 0.394 e. The summed E-state index contributed by atoms with van der Waals surface area (Å²) < 4.78 is 0. The van der Waals surface area contributed by atoms with E-state index in [9.17, 15) is 9.59 Å². The molecule has 1 saturated heterocycles. The van der Waals surface area contributed by atoms with Gasteiger partial charge in [0, 0.05) is 0 Å². The molecule has 0 aromatic carbocycles. The summed E-state index contributed by atoms with van der Waals surface area (Å²) >= 11 is 0. The van der Waals surface area contributed by atoms with Crippen molar-refractivity contribution in [3.05, 3.63) is 0 Å². The number of amides is 1. The molecule has 1 rings (SSSR count). The van der Waals surface area contributed by atoms with Gasteiger partial charge in [0.25, 0.3) is 0 Å². The highest BCUT2D eigenvalue weighted by atomic mass is 16.3. The molecule has 1 aliphatic rings. The quantitative estimate of drug-likeness (QED) is 0.529. The maximum absolute atomic E-state index is 11.2. The fraction of sp³-hybridized carbons (Fsp3) is 0.750. The maximum atomic E-state index is 11.2. The standard InChI is InChI=1S/C8H13NO4/c1-8(4-10,5-11)9-3-6(12)2-7(9)13/h10-11H,2-5H2,1H3. The predicted molar refractivity (Wildman–Crippen MR) is 43.9 cm³/mol. The van der Waals surface area contributed by atoms with Crippen LogP contribution in [-0.2, 0) is 9.59 Å². The lowest BCUT2D eigenvalue weighted by molar-refractivity contribution is -0.136. The molecule has 2 N–H and O–H groups in total. The summed E-state index contributed by atoms with van der Waals surface area (Å²) in [6, 6.07) is 0. The van der Waals surface area contributed by atoms with E-state index < -0.39 is 5.54 Å². The highest BCUT2D eigenvalue weighted by molar-refractivity contribution is 6.05. The number of aliphatic hydroxyl groups is 2. The number of hydrogen-bond donors (Lipinski definition) is 2. The van der Waals surface area contributed by atoms with Crippen LogP contribution in [0, 0.1) is 0 Å². The van der Waals surface area contributed by atoms with Crippen molar-refractivity contribution in [2.75, 3.05) is 19.8 Å². The molecule has 1 amide bonds. The van der Waals surface area contributed by atoms with Crippen molar-refractivity contribution >= 4 is 11.7 Å². The maximum Gasteiger partial charge on any atom is 0.231 e. The second kappa shape index (κ2) is 3.43. The lowest BCUT2D eigenvalue weighted by Crippen LogP contribution is -2.52. The van der Waals surface area contributed by atoms with Gasteiger partial charge in [0.1, 0.15) is 0 Å². The van der Waals surface area contributed by atoms with E-state index in [0.717, 1.165) is 0 Å². The van der Waals surface area contributed by atoms with Gasteiger partial charge in [-0.3, -0.25) is 9.59 Å². The summed E-state index contributed by atoms with van der Waals surface area (Å²) in [5.74, 6) is -0.492. The molecule has 0 bridgehead atoms. The van der Waals surface area contributed by atoms with Gasteiger partial charge in [-0.1, -0.05) is 0 Å². The summed E-state index contributed by atoms with van der Waals surface area (Å²) in [4.78, 5) is 23.4. The first-order chi connectivity index (χ1) is 6.03. The van der Waals surface area contributed by atoms with Gasteiger partial charge in [-0.05, 0) is 6.92 Å². The molecule has 5 nitrogen and oxygen atoms in total. The smallest absolute Gasteiger partial charge is 0.231 e. The summed E-state index contributed by atoms with van der Waals surface area (Å²) in [7, 11) is 0. The number of aliphatic hydroxyl groups excluding tert-OH is 2. The molecule has 0 aliphatic carbocycles. The first-order valence-electron chi connectivity index (χ1n) is 4.07. The highest BCUT2D eigenvalue weighted by Gasteiger charge is 2.40. The van der Waals surface area contributed by atoms with Gasteiger partial charge in [-0.25, -0.2) is 0 Å². The van der Waals surface area contributed by atoms with Gasteiger partial charge in [-0.15, -0.1) is 0 Å². The van der Waals surface area contributed by atoms with E-state index in [-0.39, 0.29) is 37.9 Å². The van der Waals surface area contributed by atoms with E-state index in [4.69, 9.17) is 10.2 Å². The fourth-order valence-corrected chi connectivity index (χ4v) is 1.30. The van der Waals surface area contributed by atoms with Crippen LogP contribution in [0.25, 0.3) is 0 Å². The number of rotatable bonds is 3. The molecule has 0 spiro atoms. The molecule has 0 unspecified atom stereocenters. The average molecular weight is 187 g/mol. The topological polar surface area (TPSA) is 77.8 Å². The Bertz CT molecular complexity index is 234. The minimum Gasteiger partial charge on any atom is -0.394 e. The third kappa shape index (κ3) is 1.71. The van der Waals surface area contributed by atoms with Crippen LogP contribution in [0.1, 0.15) is 13.3 Å². The van der Waals surface area contributed by atoms with Gasteiger partial charge in [0.05, 0.1) is 31.7 Å². The zero-order valence-corrected chi connectivity index (χ0v) is 7.49. The first-order valence-corrected chi connectivity index (χ1v) is 4.07. The number of nitrogens with zero attached hydrogens (tertiary/aromatic N) is 1. The van der Waals surface area contributed by atoms with E-state index in [0.29, 0.717) is 0 Å². The molecule has 13 heavy (non-hydrogen) atoms. The molecule has 0 atom stereocenters. The Morgan fingerprint density at radius 3 is 2.23 bits per heavy atom. The molecule has 0 radical (unpaired) electrons. The molecule has 0 aromatic heterocycles. The van der Waals surface area contributed by atoms with E-state index >= 15 is 0 Å². The fourth-order valence-electron chi connectivity index (χ4n) is 1.30. The van der Waals surface area contributed by atoms with E-state index in [2.05, 4.69) is 0 Å². The van der Waals surface area contributed by atoms with Crippen molar-refractivity contribution < 1.29 is 19.8 Å². The van der Waals surface area contributed by atoms with Crippen molar-refractivity contribution in [1.82, 2.24) is 4.90 Å². The van der Waals surface area contributed by atoms with Crippen LogP contribution >= 0.6 is 0 Å². The van der Waals surface area contributed by atoms with Crippen molar-refractivity contribution in [2.45, 2.75) is 18.9 Å². The molecule has 0 aromatic rings. The molecule has 5 heteroatoms. The van der Waals surface area contributed by atoms with Crippen LogP contribution in [0.2, 0.25) is 0 Å². The summed E-state index contributed by atoms with van der Waals surface area (Å²) in [6.45, 7) is 0.852. The molecule has 0 saturated carbocycles. The van der Waals surface area contributed by atoms with E-state index in [1.807, 2.05) is 0 Å². The Kier molecular flexibility index (Phi) is 2.68. The Morgan fingerprint density at radius 1 is 1.38 bits per heavy atom. The number of carbonyl (C=O) groups is 2. The number of likely N-dealkylation sites (tertiary alicyclic amines) is 1. The number of ketones is 1. The average Bonchev–Trinajstić information content (AvgIpc) is 2.44. The summed E-state index contributed by atoms with van der Waals surface area (Å²) in [5, 5.41) is 18.0. The van der Waals surface area contributed by atoms with E-state index in [1.165, 1.54) is 4.90 Å². The van der Waals surface area contributed by atoms with Crippen molar-refractivity contribution in [2.24, 2.45) is 0 Å². The van der Waals surface area contributed by atoms with Crippen molar-refractivity contribution in [1.29, 1.82) is 0 Å². The van der Waals surface area contributed by atoms with Gasteiger partial charge < -0.3 is 15.1 Å². The molecular weight excluding hydrogens is 174 g/mol. The van der Waals surface area contributed by atoms with Crippen LogP contribution in [0.15, 0.2) is 0 Å². The normalized spacial score (nSPS) is 18.5. The second-order valence-electron chi connectivity index (χ2n) is 3.51. The van der Waals surface area contributed by atoms with Crippen molar-refractivity contribution in [3.8, 4) is 0 Å². The monoisotopic (exact) mass is 187 g/mol. The van der Waals surface area contributed by atoms with Crippen molar-refractivity contribution in [3.63, 3.8) is 0 Å². The molecule has 1 heterocycles. The van der Waals surface area contributed by atoms with Crippen LogP contribution in [0.3, 0.4) is 0 Å². The number of carbonyl (C=O) groups excluding carboxylic acids is 2. The Balaban J connectivity index is 2.81. The van der Waals surface area contributed by atoms with E-state index in [1.54, 1.807) is 6.92 Å². The lowest BCUT2D eigenvalue weighted by atomic mass is 10.0. The summed E-state index contributed by atoms with van der Waals surface area (Å²) in [5.41, 5.74) is -1.01. The SMILES string of the molecule is CC(CO)(CO)N1CC(=O)CC1=O. The molecule has 1 aliphatic heterocycles. The van der Waals surface area contributed by atoms with Gasteiger partial charge in [0.2, 0.25) is 5.91 Å². The van der Waals surface area contributed by atoms with Gasteiger partial charge in [0.15, 0.2) is 5.78 Å². The van der Waals surface area contributed by atoms with Crippen LogP contribution in [0.4, 0.5) is 0 Å². The summed E-state index contributed by atoms with van der Waals surface area (Å²) in [6.07, 6.45) is -0.115. The van der Waals surface area contributed by atoms with Gasteiger partial charge in [-0.2, -0.15) is 0 Å². The zero-order chi connectivity index (χ0) is 10.1. The minimum absolute atomic E-state index is 0.00352. The Morgan fingerprint density at radius 2 is 1.92 bits per heavy atom. The number of Topliss-reactive ketones (excluding diaryl/α,β-unsaturated/α-hetero) is 1. The van der Waals surface area contributed by atoms with Crippen LogP contribution in [-0.4, -0.2) is 52.1 Å². The minimum atomic E-state index is -1.01. The third-order valence-corrected chi connectivity index (χ3v) is 2.32. The molecular formula is C8H13NO4. The van der Waals surface area contributed by atoms with Crippen LogP contribution < -0.4 is 0 Å². The Hall–Kier alpha value is -0.940. The van der Waals surface area contributed by atoms with Gasteiger partial charge >= 0.3 is 0 Å². The lowest BCUT2D eigenvalue weighted by Gasteiger charge is -2.34. The Labute approximate surface area is 76.0 Å². The third-order valence-electron chi connectivity index (χ3n) is 2.32. The molecule has 1 fully saturated rings. The first kappa shape index (κ1) is 10.1. The predicted octanol–water partition coefficient (Wildman–Crippen LogP) is -1.47. The second-order valence-corrected chi connectivity index (χ2v) is 3.51.